The molecule has 24 heavy (non-hydrogen) atoms. The SMILES string of the molecule is O=C(NC1CCN2CCCC2C1)NC1CCOC2(CCCCC2)C1. The molecule has 4 fully saturated rings. The van der Waals surface area contributed by atoms with Crippen molar-refractivity contribution < 1.29 is 9.53 Å². The summed E-state index contributed by atoms with van der Waals surface area (Å²) < 4.78 is 6.14. The quantitative estimate of drug-likeness (QED) is 0.816. The minimum atomic E-state index is 0.0457. The molecule has 0 aromatic carbocycles. The van der Waals surface area contributed by atoms with E-state index in [4.69, 9.17) is 4.74 Å². The van der Waals surface area contributed by atoms with Gasteiger partial charge in [0.05, 0.1) is 5.60 Å². The fourth-order valence-electron chi connectivity index (χ4n) is 5.46. The van der Waals surface area contributed by atoms with Gasteiger partial charge in [-0.2, -0.15) is 0 Å². The van der Waals surface area contributed by atoms with Crippen LogP contribution in [0.4, 0.5) is 4.79 Å². The molecule has 3 aliphatic heterocycles. The minimum absolute atomic E-state index is 0.0457. The lowest BCUT2D eigenvalue weighted by Gasteiger charge is -2.43. The molecule has 3 unspecified atom stereocenters. The highest BCUT2D eigenvalue weighted by Crippen LogP contribution is 2.38. The van der Waals surface area contributed by atoms with E-state index < -0.39 is 0 Å². The van der Waals surface area contributed by atoms with E-state index in [1.807, 2.05) is 0 Å². The summed E-state index contributed by atoms with van der Waals surface area (Å²) in [6.07, 6.45) is 13.1. The number of carbonyl (C=O) groups excluding carboxylic acids is 1. The van der Waals surface area contributed by atoms with E-state index >= 15 is 0 Å². The summed E-state index contributed by atoms with van der Waals surface area (Å²) in [5.74, 6) is 0. The molecule has 136 valence electrons. The van der Waals surface area contributed by atoms with Crippen LogP contribution < -0.4 is 10.6 Å². The lowest BCUT2D eigenvalue weighted by atomic mass is 9.78. The average molecular weight is 335 g/mol. The van der Waals surface area contributed by atoms with Crippen LogP contribution in [0.5, 0.6) is 0 Å². The van der Waals surface area contributed by atoms with Crippen LogP contribution in [0.1, 0.15) is 70.6 Å². The Balaban J connectivity index is 1.25. The van der Waals surface area contributed by atoms with Gasteiger partial charge in [0.1, 0.15) is 0 Å². The normalized spacial score (nSPS) is 36.2. The molecular formula is C19H33N3O2. The molecule has 0 aromatic rings. The van der Waals surface area contributed by atoms with E-state index in [9.17, 15) is 4.79 Å². The molecule has 5 heteroatoms. The molecule has 0 radical (unpaired) electrons. The van der Waals surface area contributed by atoms with Gasteiger partial charge in [-0.1, -0.05) is 19.3 Å². The first-order valence-electron chi connectivity index (χ1n) is 10.2. The number of fused-ring (bicyclic) bond motifs is 1. The van der Waals surface area contributed by atoms with Gasteiger partial charge in [0.2, 0.25) is 0 Å². The van der Waals surface area contributed by atoms with Crippen LogP contribution in [-0.4, -0.2) is 54.4 Å². The fraction of sp³-hybridized carbons (Fsp3) is 0.947. The Morgan fingerprint density at radius 1 is 0.958 bits per heavy atom. The lowest BCUT2D eigenvalue weighted by molar-refractivity contribution is -0.107. The van der Waals surface area contributed by atoms with Gasteiger partial charge in [0, 0.05) is 31.3 Å². The zero-order chi connectivity index (χ0) is 16.4. The molecule has 3 atom stereocenters. The van der Waals surface area contributed by atoms with E-state index in [-0.39, 0.29) is 17.7 Å². The largest absolute Gasteiger partial charge is 0.375 e. The fourth-order valence-corrected chi connectivity index (χ4v) is 5.46. The predicted molar refractivity (Wildman–Crippen MR) is 94.1 cm³/mol. The third-order valence-corrected chi connectivity index (χ3v) is 6.75. The van der Waals surface area contributed by atoms with E-state index in [0.29, 0.717) is 12.1 Å². The Labute approximate surface area is 145 Å². The summed E-state index contributed by atoms with van der Waals surface area (Å²) in [7, 11) is 0. The number of piperidine rings is 1. The van der Waals surface area contributed by atoms with Crippen molar-refractivity contribution in [3.63, 3.8) is 0 Å². The number of hydrogen-bond donors (Lipinski definition) is 2. The second-order valence-corrected chi connectivity index (χ2v) is 8.45. The molecule has 3 saturated heterocycles. The molecule has 4 rings (SSSR count). The number of hydrogen-bond acceptors (Lipinski definition) is 3. The molecule has 5 nitrogen and oxygen atoms in total. The van der Waals surface area contributed by atoms with Crippen molar-refractivity contribution in [3.8, 4) is 0 Å². The van der Waals surface area contributed by atoms with Crippen molar-refractivity contribution in [2.75, 3.05) is 19.7 Å². The molecule has 2 amide bonds. The second-order valence-electron chi connectivity index (χ2n) is 8.45. The first kappa shape index (κ1) is 16.6. The zero-order valence-electron chi connectivity index (χ0n) is 14.9. The zero-order valence-corrected chi connectivity index (χ0v) is 14.9. The van der Waals surface area contributed by atoms with Gasteiger partial charge in [-0.25, -0.2) is 4.79 Å². The first-order chi connectivity index (χ1) is 11.7. The summed E-state index contributed by atoms with van der Waals surface area (Å²) in [6.45, 7) is 3.20. The summed E-state index contributed by atoms with van der Waals surface area (Å²) in [5.41, 5.74) is 0.0592. The molecule has 0 aromatic heterocycles. The Morgan fingerprint density at radius 2 is 1.79 bits per heavy atom. The number of ether oxygens (including phenoxy) is 1. The maximum absolute atomic E-state index is 12.5. The van der Waals surface area contributed by atoms with E-state index in [1.54, 1.807) is 0 Å². The highest BCUT2D eigenvalue weighted by molar-refractivity contribution is 5.74. The highest BCUT2D eigenvalue weighted by atomic mass is 16.5. The van der Waals surface area contributed by atoms with Crippen LogP contribution in [-0.2, 0) is 4.74 Å². The van der Waals surface area contributed by atoms with Crippen molar-refractivity contribution in [2.45, 2.75) is 94.4 Å². The highest BCUT2D eigenvalue weighted by Gasteiger charge is 2.39. The summed E-state index contributed by atoms with van der Waals surface area (Å²) in [4.78, 5) is 15.1. The lowest BCUT2D eigenvalue weighted by Crippen LogP contribution is -2.54. The monoisotopic (exact) mass is 335 g/mol. The van der Waals surface area contributed by atoms with Gasteiger partial charge in [-0.15, -0.1) is 0 Å². The standard InChI is InChI=1S/C19H33N3O2/c23-18(20-15-6-11-22-10-4-5-17(22)13-15)21-16-7-12-24-19(14-16)8-2-1-3-9-19/h15-17H,1-14H2,(H2,20,21,23). The van der Waals surface area contributed by atoms with Crippen molar-refractivity contribution in [2.24, 2.45) is 0 Å². The van der Waals surface area contributed by atoms with Crippen LogP contribution in [0.15, 0.2) is 0 Å². The van der Waals surface area contributed by atoms with E-state index in [1.165, 1.54) is 51.5 Å². The van der Waals surface area contributed by atoms with Crippen LogP contribution in [0.3, 0.4) is 0 Å². The van der Waals surface area contributed by atoms with Crippen LogP contribution in [0.2, 0.25) is 0 Å². The van der Waals surface area contributed by atoms with E-state index in [0.717, 1.165) is 38.8 Å². The maximum Gasteiger partial charge on any atom is 0.315 e. The first-order valence-corrected chi connectivity index (χ1v) is 10.2. The molecule has 4 aliphatic rings. The molecular weight excluding hydrogens is 302 g/mol. The van der Waals surface area contributed by atoms with Crippen molar-refractivity contribution in [1.29, 1.82) is 0 Å². The summed E-state index contributed by atoms with van der Waals surface area (Å²) in [6, 6.07) is 1.39. The Morgan fingerprint density at radius 3 is 2.67 bits per heavy atom. The summed E-state index contributed by atoms with van der Waals surface area (Å²) in [5, 5.41) is 6.51. The Bertz CT molecular complexity index is 444. The maximum atomic E-state index is 12.5. The average Bonchev–Trinajstić information content (AvgIpc) is 3.03. The molecule has 3 heterocycles. The number of amides is 2. The third kappa shape index (κ3) is 3.72. The Hall–Kier alpha value is -0.810. The van der Waals surface area contributed by atoms with Crippen LogP contribution >= 0.6 is 0 Å². The Kier molecular flexibility index (Phi) is 5.00. The number of urea groups is 1. The number of carbonyl (C=O) groups is 1. The van der Waals surface area contributed by atoms with Crippen LogP contribution in [0, 0.1) is 0 Å². The van der Waals surface area contributed by atoms with Crippen LogP contribution in [0.25, 0.3) is 0 Å². The van der Waals surface area contributed by atoms with Gasteiger partial charge in [0.15, 0.2) is 0 Å². The minimum Gasteiger partial charge on any atom is -0.375 e. The van der Waals surface area contributed by atoms with Gasteiger partial charge < -0.3 is 20.3 Å². The summed E-state index contributed by atoms with van der Waals surface area (Å²) >= 11 is 0. The van der Waals surface area contributed by atoms with Gasteiger partial charge in [-0.3, -0.25) is 0 Å². The van der Waals surface area contributed by atoms with E-state index in [2.05, 4.69) is 15.5 Å². The molecule has 1 aliphatic carbocycles. The van der Waals surface area contributed by atoms with Gasteiger partial charge >= 0.3 is 6.03 Å². The number of rotatable bonds is 2. The smallest absolute Gasteiger partial charge is 0.315 e. The topological polar surface area (TPSA) is 53.6 Å². The predicted octanol–water partition coefficient (Wildman–Crippen LogP) is 2.79. The molecule has 2 N–H and O–H groups in total. The van der Waals surface area contributed by atoms with Gasteiger partial charge in [0.25, 0.3) is 0 Å². The second kappa shape index (κ2) is 7.20. The molecule has 1 saturated carbocycles. The number of nitrogens with one attached hydrogen (secondary N) is 2. The van der Waals surface area contributed by atoms with Crippen molar-refractivity contribution in [3.05, 3.63) is 0 Å². The molecule has 0 bridgehead atoms. The third-order valence-electron chi connectivity index (χ3n) is 6.75. The number of nitrogens with zero attached hydrogens (tertiary/aromatic N) is 1. The van der Waals surface area contributed by atoms with Gasteiger partial charge in [-0.05, 0) is 57.9 Å². The molecule has 1 spiro atoms. The van der Waals surface area contributed by atoms with Crippen molar-refractivity contribution in [1.82, 2.24) is 15.5 Å². The van der Waals surface area contributed by atoms with Crippen molar-refractivity contribution >= 4 is 6.03 Å².